The normalized spacial score (nSPS) is 9.85. The highest BCUT2D eigenvalue weighted by Gasteiger charge is 2.11. The van der Waals surface area contributed by atoms with E-state index in [1.165, 1.54) is 13.2 Å². The molecule has 0 saturated carbocycles. The number of hydrogen-bond acceptors (Lipinski definition) is 2. The van der Waals surface area contributed by atoms with Gasteiger partial charge in [-0.15, -0.1) is 0 Å². The Bertz CT molecular complexity index is 326. The average Bonchev–Trinajstić information content (AvgIpc) is 2.12. The van der Waals surface area contributed by atoms with Crippen LogP contribution in [0.1, 0.15) is 15.9 Å². The van der Waals surface area contributed by atoms with Crippen molar-refractivity contribution in [3.8, 4) is 0 Å². The predicted octanol–water partition coefficient (Wildman–Crippen LogP) is 2.57. The molecule has 0 aliphatic rings. The fraction of sp³-hybridized carbons (Fsp3) is 0.222. The molecule has 0 radical (unpaired) electrons. The number of halogens is 2. The molecule has 0 saturated heterocycles. The monoisotopic (exact) mass is 202 g/mol. The number of esters is 1. The highest BCUT2D eigenvalue weighted by Crippen LogP contribution is 2.21. The van der Waals surface area contributed by atoms with Crippen LogP contribution in [0.2, 0.25) is 5.02 Å². The van der Waals surface area contributed by atoms with Gasteiger partial charge >= 0.3 is 5.97 Å². The molecular formula is C9H8ClFO2. The number of methoxy groups -OCH3 is 1. The van der Waals surface area contributed by atoms with Crippen molar-refractivity contribution in [2.24, 2.45) is 0 Å². The molecule has 4 heteroatoms. The molecule has 70 valence electrons. The Balaban J connectivity index is 3.20. The first-order chi connectivity index (χ1) is 6.06. The number of benzene rings is 1. The van der Waals surface area contributed by atoms with E-state index in [1.54, 1.807) is 6.92 Å². The van der Waals surface area contributed by atoms with E-state index in [-0.39, 0.29) is 10.6 Å². The van der Waals surface area contributed by atoms with E-state index < -0.39 is 11.8 Å². The van der Waals surface area contributed by atoms with Gasteiger partial charge in [0.25, 0.3) is 0 Å². The molecular weight excluding hydrogens is 195 g/mol. The smallest absolute Gasteiger partial charge is 0.337 e. The topological polar surface area (TPSA) is 26.3 Å². The van der Waals surface area contributed by atoms with Crippen LogP contribution in [-0.2, 0) is 4.74 Å². The van der Waals surface area contributed by atoms with E-state index >= 15 is 0 Å². The Kier molecular flexibility index (Phi) is 2.88. The molecule has 1 rings (SSSR count). The molecule has 0 unspecified atom stereocenters. The lowest BCUT2D eigenvalue weighted by atomic mass is 10.1. The van der Waals surface area contributed by atoms with E-state index in [2.05, 4.69) is 4.74 Å². The second-order valence-electron chi connectivity index (χ2n) is 2.58. The molecule has 0 aliphatic heterocycles. The van der Waals surface area contributed by atoms with Gasteiger partial charge in [0, 0.05) is 0 Å². The van der Waals surface area contributed by atoms with Crippen molar-refractivity contribution in [3.63, 3.8) is 0 Å². The van der Waals surface area contributed by atoms with Gasteiger partial charge in [-0.2, -0.15) is 0 Å². The summed E-state index contributed by atoms with van der Waals surface area (Å²) < 4.78 is 17.4. The van der Waals surface area contributed by atoms with Crippen molar-refractivity contribution in [2.75, 3.05) is 7.11 Å². The summed E-state index contributed by atoms with van der Waals surface area (Å²) in [5.74, 6) is -1.18. The van der Waals surface area contributed by atoms with Gasteiger partial charge in [0.15, 0.2) is 0 Å². The molecule has 0 heterocycles. The minimum absolute atomic E-state index is 0.0349. The third-order valence-corrected chi connectivity index (χ3v) is 2.11. The number of carbonyl (C=O) groups is 1. The Morgan fingerprint density at radius 1 is 1.54 bits per heavy atom. The summed E-state index contributed by atoms with van der Waals surface area (Å²) in [6, 6.07) is 2.54. The van der Waals surface area contributed by atoms with Crippen molar-refractivity contribution in [1.82, 2.24) is 0 Å². The largest absolute Gasteiger partial charge is 0.465 e. The first-order valence-electron chi connectivity index (χ1n) is 3.60. The fourth-order valence-corrected chi connectivity index (χ4v) is 1.07. The zero-order valence-electron chi connectivity index (χ0n) is 7.23. The third kappa shape index (κ3) is 1.98. The van der Waals surface area contributed by atoms with Gasteiger partial charge in [-0.25, -0.2) is 9.18 Å². The van der Waals surface area contributed by atoms with Crippen LogP contribution in [0.4, 0.5) is 4.39 Å². The minimum atomic E-state index is -0.609. The third-order valence-electron chi connectivity index (χ3n) is 1.63. The van der Waals surface area contributed by atoms with Gasteiger partial charge < -0.3 is 4.74 Å². The molecule has 2 nitrogen and oxygen atoms in total. The highest BCUT2D eigenvalue weighted by atomic mass is 35.5. The lowest BCUT2D eigenvalue weighted by Gasteiger charge is -2.03. The van der Waals surface area contributed by atoms with Gasteiger partial charge in [-0.3, -0.25) is 0 Å². The lowest BCUT2D eigenvalue weighted by Crippen LogP contribution is -2.02. The van der Waals surface area contributed by atoms with Crippen LogP contribution in [0.15, 0.2) is 12.1 Å². The van der Waals surface area contributed by atoms with Crippen molar-refractivity contribution in [3.05, 3.63) is 34.1 Å². The summed E-state index contributed by atoms with van der Waals surface area (Å²) in [5, 5.41) is 0.0349. The Labute approximate surface area is 80.3 Å². The molecule has 0 bridgehead atoms. The summed E-state index contributed by atoms with van der Waals surface area (Å²) in [4.78, 5) is 11.0. The summed E-state index contributed by atoms with van der Waals surface area (Å²) in [6.45, 7) is 1.62. The van der Waals surface area contributed by atoms with Gasteiger partial charge in [-0.1, -0.05) is 11.6 Å². The van der Waals surface area contributed by atoms with Gasteiger partial charge in [0.05, 0.1) is 17.7 Å². The summed E-state index contributed by atoms with van der Waals surface area (Å²) >= 11 is 5.57. The zero-order chi connectivity index (χ0) is 10.0. The maximum absolute atomic E-state index is 13.0. The van der Waals surface area contributed by atoms with Crippen LogP contribution in [0.5, 0.6) is 0 Å². The second-order valence-corrected chi connectivity index (χ2v) is 2.96. The molecule has 0 aliphatic carbocycles. The zero-order valence-corrected chi connectivity index (χ0v) is 7.98. The molecule has 0 aromatic heterocycles. The van der Waals surface area contributed by atoms with Crippen LogP contribution in [0.25, 0.3) is 0 Å². The number of hydrogen-bond donors (Lipinski definition) is 0. The van der Waals surface area contributed by atoms with Crippen LogP contribution >= 0.6 is 11.6 Å². The standard InChI is InChI=1S/C9H8ClFO2/c1-5-3-6(9(12)13-2)4-7(11)8(5)10/h3-4H,1-2H3. The van der Waals surface area contributed by atoms with Crippen molar-refractivity contribution >= 4 is 17.6 Å². The molecule has 0 spiro atoms. The maximum Gasteiger partial charge on any atom is 0.337 e. The molecule has 0 atom stereocenters. The van der Waals surface area contributed by atoms with Crippen LogP contribution in [0, 0.1) is 12.7 Å². The fourth-order valence-electron chi connectivity index (χ4n) is 0.962. The number of aryl methyl sites for hydroxylation is 1. The van der Waals surface area contributed by atoms with Crippen LogP contribution < -0.4 is 0 Å². The van der Waals surface area contributed by atoms with Crippen LogP contribution in [-0.4, -0.2) is 13.1 Å². The minimum Gasteiger partial charge on any atom is -0.465 e. The van der Waals surface area contributed by atoms with E-state index in [1.807, 2.05) is 0 Å². The Hall–Kier alpha value is -1.09. The van der Waals surface area contributed by atoms with Crippen LogP contribution in [0.3, 0.4) is 0 Å². The van der Waals surface area contributed by atoms with E-state index in [9.17, 15) is 9.18 Å². The number of carbonyl (C=O) groups excluding carboxylic acids is 1. The molecule has 0 N–H and O–H groups in total. The maximum atomic E-state index is 13.0. The van der Waals surface area contributed by atoms with E-state index in [0.29, 0.717) is 5.56 Å². The average molecular weight is 203 g/mol. The molecule has 1 aromatic carbocycles. The predicted molar refractivity (Wildman–Crippen MR) is 47.5 cm³/mol. The van der Waals surface area contributed by atoms with Crippen molar-refractivity contribution in [1.29, 1.82) is 0 Å². The first kappa shape index (κ1) is 9.99. The summed E-state index contributed by atoms with van der Waals surface area (Å²) in [7, 11) is 1.24. The lowest BCUT2D eigenvalue weighted by molar-refractivity contribution is 0.0600. The Morgan fingerprint density at radius 3 is 2.62 bits per heavy atom. The summed E-state index contributed by atoms with van der Waals surface area (Å²) in [5.41, 5.74) is 0.684. The first-order valence-corrected chi connectivity index (χ1v) is 3.98. The second kappa shape index (κ2) is 3.75. The van der Waals surface area contributed by atoms with Crippen molar-refractivity contribution in [2.45, 2.75) is 6.92 Å². The SMILES string of the molecule is COC(=O)c1cc(C)c(Cl)c(F)c1. The quantitative estimate of drug-likeness (QED) is 0.655. The number of rotatable bonds is 1. The van der Waals surface area contributed by atoms with Crippen molar-refractivity contribution < 1.29 is 13.9 Å². The molecule has 1 aromatic rings. The van der Waals surface area contributed by atoms with Gasteiger partial charge in [0.1, 0.15) is 5.82 Å². The highest BCUT2D eigenvalue weighted by molar-refractivity contribution is 6.31. The van der Waals surface area contributed by atoms with Gasteiger partial charge in [0.2, 0.25) is 0 Å². The van der Waals surface area contributed by atoms with E-state index in [0.717, 1.165) is 6.07 Å². The summed E-state index contributed by atoms with van der Waals surface area (Å²) in [6.07, 6.45) is 0. The number of ether oxygens (including phenoxy) is 1. The molecule has 13 heavy (non-hydrogen) atoms. The van der Waals surface area contributed by atoms with E-state index in [4.69, 9.17) is 11.6 Å². The Morgan fingerprint density at radius 2 is 2.15 bits per heavy atom. The van der Waals surface area contributed by atoms with Gasteiger partial charge in [-0.05, 0) is 24.6 Å². The molecule has 0 fully saturated rings. The molecule has 0 amide bonds.